The van der Waals surface area contributed by atoms with Crippen molar-refractivity contribution >= 4 is 11.6 Å². The second-order valence-electron chi connectivity index (χ2n) is 16.6. The summed E-state index contributed by atoms with van der Waals surface area (Å²) in [6.07, 6.45) is 20.6. The molecule has 2 heterocycles. The molecule has 3 aliphatic rings. The van der Waals surface area contributed by atoms with Crippen molar-refractivity contribution in [2.45, 2.75) is 147 Å². The van der Waals surface area contributed by atoms with Crippen LogP contribution in [0.25, 0.3) is 0 Å². The number of carbonyl (C=O) groups excluding carboxylic acids is 1. The molecule has 320 valence electrons. The third-order valence-corrected chi connectivity index (χ3v) is 12.5. The third-order valence-electron chi connectivity index (χ3n) is 12.5. The molecule has 0 saturated heterocycles. The number of ether oxygens (including phenoxy) is 3. The lowest BCUT2D eigenvalue weighted by Crippen LogP contribution is -2.69. The average Bonchev–Trinajstić information content (AvgIpc) is 3.23. The van der Waals surface area contributed by atoms with E-state index in [-0.39, 0.29) is 49.4 Å². The molecule has 0 radical (unpaired) electrons. The van der Waals surface area contributed by atoms with Crippen molar-refractivity contribution in [3.63, 3.8) is 0 Å². The summed E-state index contributed by atoms with van der Waals surface area (Å²) in [7, 11) is 3.47. The van der Waals surface area contributed by atoms with Crippen LogP contribution >= 0.6 is 0 Å². The fourth-order valence-corrected chi connectivity index (χ4v) is 9.70. The SMILES string of the molecule is C=CCOC12Oc3ccc(OCc4cccc(C)n4)cc3C3C(CCCCO)C(CCCCO)C=C(C(=NOC)CC1N(C)C(=O)CCCCCCCCCCC)C32. The van der Waals surface area contributed by atoms with Gasteiger partial charge < -0.3 is 34.2 Å². The van der Waals surface area contributed by atoms with E-state index in [0.717, 1.165) is 85.4 Å². The molecule has 2 aliphatic carbocycles. The van der Waals surface area contributed by atoms with E-state index in [1.807, 2.05) is 49.2 Å². The standard InChI is InChI=1S/C48H71N3O7/c1-6-8-9-10-11-12-13-14-15-25-45(54)51(4)44-33-42(50-55-5)40-31-36(22-16-18-28-52)39(24-17-19-29-53)46-41-32-38(56-34-37-23-20-21-35(3)49-37)26-27-43(41)58-48(44,47(40)46)57-30-7-2/h7,20-21,23,26-27,31-32,36,39,44,46-47,52-53H,2,6,8-19,22,24-25,28-30,33-34H2,1,3-5H3. The van der Waals surface area contributed by atoms with Crippen LogP contribution in [0.5, 0.6) is 11.5 Å². The summed E-state index contributed by atoms with van der Waals surface area (Å²) in [6, 6.07) is 11.5. The molecule has 1 fully saturated rings. The van der Waals surface area contributed by atoms with Gasteiger partial charge in [0.2, 0.25) is 11.7 Å². The van der Waals surface area contributed by atoms with Crippen LogP contribution in [-0.2, 0) is 21.0 Å². The number of rotatable bonds is 26. The molecule has 1 aromatic heterocycles. The predicted molar refractivity (Wildman–Crippen MR) is 230 cm³/mol. The van der Waals surface area contributed by atoms with Crippen LogP contribution in [0, 0.1) is 24.7 Å². The number of aryl methyl sites for hydroxylation is 1. The molecule has 2 N–H and O–H groups in total. The largest absolute Gasteiger partial charge is 0.487 e. The van der Waals surface area contributed by atoms with Gasteiger partial charge >= 0.3 is 0 Å². The van der Waals surface area contributed by atoms with Gasteiger partial charge in [0.25, 0.3) is 0 Å². The van der Waals surface area contributed by atoms with Gasteiger partial charge in [-0.25, -0.2) is 0 Å². The number of carbonyl (C=O) groups is 1. The van der Waals surface area contributed by atoms with E-state index in [9.17, 15) is 15.0 Å². The predicted octanol–water partition coefficient (Wildman–Crippen LogP) is 9.61. The van der Waals surface area contributed by atoms with Crippen LogP contribution in [0.4, 0.5) is 0 Å². The summed E-state index contributed by atoms with van der Waals surface area (Å²) in [5, 5.41) is 24.4. The number of aromatic nitrogens is 1. The first-order valence-electron chi connectivity index (χ1n) is 22.2. The highest BCUT2D eigenvalue weighted by Gasteiger charge is 2.65. The topological polar surface area (TPSA) is 123 Å². The van der Waals surface area contributed by atoms with E-state index in [1.54, 1.807) is 13.2 Å². The molecule has 1 aromatic carbocycles. The van der Waals surface area contributed by atoms with E-state index in [1.165, 1.54) is 38.5 Å². The van der Waals surface area contributed by atoms with Crippen molar-refractivity contribution in [1.82, 2.24) is 9.88 Å². The lowest BCUT2D eigenvalue weighted by Gasteiger charge is -2.59. The molecule has 58 heavy (non-hydrogen) atoms. The van der Waals surface area contributed by atoms with Gasteiger partial charge in [-0.3, -0.25) is 9.78 Å². The molecule has 1 amide bonds. The van der Waals surface area contributed by atoms with Crippen molar-refractivity contribution in [1.29, 1.82) is 0 Å². The van der Waals surface area contributed by atoms with Crippen molar-refractivity contribution in [2.24, 2.45) is 22.9 Å². The normalized spacial score (nSPS) is 24.0. The molecule has 5 rings (SSSR count). The van der Waals surface area contributed by atoms with E-state index < -0.39 is 11.8 Å². The Balaban J connectivity index is 1.55. The average molecular weight is 802 g/mol. The fourth-order valence-electron chi connectivity index (χ4n) is 9.70. The number of likely N-dealkylation sites (N-methyl/N-ethyl adjacent to an activating group) is 1. The molecule has 10 nitrogen and oxygen atoms in total. The zero-order chi connectivity index (χ0) is 41.3. The quantitative estimate of drug-likeness (QED) is 0.0548. The Hall–Kier alpha value is -3.73. The number of oxime groups is 1. The Morgan fingerprint density at radius 3 is 2.41 bits per heavy atom. The molecule has 0 bridgehead atoms. The number of unbranched alkanes of at least 4 members (excludes halogenated alkanes) is 10. The van der Waals surface area contributed by atoms with Gasteiger partial charge in [-0.15, -0.1) is 6.58 Å². The van der Waals surface area contributed by atoms with Gasteiger partial charge in [0.1, 0.15) is 31.3 Å². The van der Waals surface area contributed by atoms with E-state index in [4.69, 9.17) is 19.0 Å². The lowest BCUT2D eigenvalue weighted by molar-refractivity contribution is -0.255. The zero-order valence-corrected chi connectivity index (χ0v) is 35.8. The van der Waals surface area contributed by atoms with Gasteiger partial charge in [0.15, 0.2) is 0 Å². The number of nitrogens with zero attached hydrogens (tertiary/aromatic N) is 3. The van der Waals surface area contributed by atoms with Crippen molar-refractivity contribution in [3.8, 4) is 11.5 Å². The first-order valence-corrected chi connectivity index (χ1v) is 22.2. The Bertz CT molecular complexity index is 1660. The number of aliphatic hydroxyl groups is 2. The summed E-state index contributed by atoms with van der Waals surface area (Å²) in [5.74, 6) is 0.129. The van der Waals surface area contributed by atoms with Crippen LogP contribution < -0.4 is 9.47 Å². The Labute approximate surface area is 348 Å². The summed E-state index contributed by atoms with van der Waals surface area (Å²) >= 11 is 0. The van der Waals surface area contributed by atoms with Crippen molar-refractivity contribution in [3.05, 3.63) is 77.7 Å². The number of hydrogen-bond acceptors (Lipinski definition) is 9. The maximum absolute atomic E-state index is 14.2. The summed E-state index contributed by atoms with van der Waals surface area (Å²) in [4.78, 5) is 26.3. The lowest BCUT2D eigenvalue weighted by atomic mass is 9.55. The Morgan fingerprint density at radius 1 is 1.00 bits per heavy atom. The molecule has 1 saturated carbocycles. The summed E-state index contributed by atoms with van der Waals surface area (Å²) in [5.41, 5.74) is 4.65. The van der Waals surface area contributed by atoms with E-state index >= 15 is 0 Å². The highest BCUT2D eigenvalue weighted by atomic mass is 16.7. The number of benzene rings is 1. The molecular formula is C48H71N3O7. The maximum atomic E-state index is 14.2. The van der Waals surface area contributed by atoms with Gasteiger partial charge in [0.05, 0.1) is 23.9 Å². The Kier molecular flexibility index (Phi) is 18.1. The first kappa shape index (κ1) is 45.4. The number of aliphatic hydroxyl groups excluding tert-OH is 2. The van der Waals surface area contributed by atoms with Crippen LogP contribution in [-0.4, -0.2) is 77.5 Å². The van der Waals surface area contributed by atoms with Crippen LogP contribution in [0.2, 0.25) is 0 Å². The minimum atomic E-state index is -1.24. The second-order valence-corrected chi connectivity index (χ2v) is 16.6. The van der Waals surface area contributed by atoms with Crippen LogP contribution in [0.3, 0.4) is 0 Å². The van der Waals surface area contributed by atoms with E-state index in [0.29, 0.717) is 31.6 Å². The monoisotopic (exact) mass is 802 g/mol. The van der Waals surface area contributed by atoms with Gasteiger partial charge in [-0.1, -0.05) is 94.5 Å². The molecule has 1 aliphatic heterocycles. The first-order chi connectivity index (χ1) is 28.3. The minimum absolute atomic E-state index is 0.0651. The number of pyridine rings is 1. The molecule has 6 unspecified atom stereocenters. The van der Waals surface area contributed by atoms with Crippen molar-refractivity contribution in [2.75, 3.05) is 34.0 Å². The maximum Gasteiger partial charge on any atom is 0.239 e. The van der Waals surface area contributed by atoms with Gasteiger partial charge in [-0.2, -0.15) is 0 Å². The molecule has 10 heteroatoms. The summed E-state index contributed by atoms with van der Waals surface area (Å²) < 4.78 is 20.7. The van der Waals surface area contributed by atoms with E-state index in [2.05, 4.69) is 35.8 Å². The number of allylic oxidation sites excluding steroid dienone is 1. The molecular weight excluding hydrogens is 731 g/mol. The van der Waals surface area contributed by atoms with Gasteiger partial charge in [0, 0.05) is 50.3 Å². The zero-order valence-electron chi connectivity index (χ0n) is 35.8. The second kappa shape index (κ2) is 23.2. The number of hydrogen-bond donors (Lipinski definition) is 2. The van der Waals surface area contributed by atoms with Crippen LogP contribution in [0.1, 0.15) is 139 Å². The smallest absolute Gasteiger partial charge is 0.239 e. The summed E-state index contributed by atoms with van der Waals surface area (Å²) in [6.45, 7) is 9.09. The van der Waals surface area contributed by atoms with Crippen LogP contribution in [0.15, 0.2) is 65.9 Å². The fraction of sp³-hybridized carbons (Fsp3) is 0.646. The Morgan fingerprint density at radius 2 is 1.72 bits per heavy atom. The minimum Gasteiger partial charge on any atom is -0.487 e. The third kappa shape index (κ3) is 11.3. The van der Waals surface area contributed by atoms with Crippen molar-refractivity contribution < 1.29 is 34.1 Å². The number of amides is 1. The molecule has 2 aromatic rings. The van der Waals surface area contributed by atoms with Gasteiger partial charge in [-0.05, 0) is 86.8 Å². The number of fused-ring (bicyclic) bond motifs is 2. The highest BCUT2D eigenvalue weighted by molar-refractivity contribution is 6.03. The molecule has 0 spiro atoms. The highest BCUT2D eigenvalue weighted by Crippen LogP contribution is 2.61. The molecule has 6 atom stereocenters.